The molecule has 0 spiro atoms. The molecule has 1 saturated carbocycles. The monoisotopic (exact) mass is 359 g/mol. The van der Waals surface area contributed by atoms with Crippen LogP contribution in [0.5, 0.6) is 0 Å². The van der Waals surface area contributed by atoms with Gasteiger partial charge in [-0.25, -0.2) is 4.99 Å². The van der Waals surface area contributed by atoms with Crippen molar-refractivity contribution in [3.05, 3.63) is 35.4 Å². The van der Waals surface area contributed by atoms with Gasteiger partial charge in [-0.1, -0.05) is 29.8 Å². The average molecular weight is 359 g/mol. The minimum Gasteiger partial charge on any atom is -0.357 e. The highest BCUT2D eigenvalue weighted by Crippen LogP contribution is 2.18. The molecule has 0 aromatic heterocycles. The third kappa shape index (κ3) is 5.25. The Morgan fingerprint density at radius 2 is 2.17 bits per heavy atom. The smallest absolute Gasteiger partial charge is 0.191 e. The molecule has 1 aliphatic rings. The van der Waals surface area contributed by atoms with E-state index in [2.05, 4.69) is 53.7 Å². The number of halogens is 1. The predicted octanol–water partition coefficient (Wildman–Crippen LogP) is 2.83. The molecule has 1 aromatic carbocycles. The number of benzene rings is 1. The first-order valence-corrected chi connectivity index (χ1v) is 6.38. The predicted molar refractivity (Wildman–Crippen MR) is 87.6 cm³/mol. The zero-order valence-electron chi connectivity index (χ0n) is 11.1. The number of guanidine groups is 1. The number of nitrogens with zero attached hydrogens (tertiary/aromatic N) is 1. The average Bonchev–Trinajstić information content (AvgIpc) is 3.10. The van der Waals surface area contributed by atoms with E-state index in [9.17, 15) is 0 Å². The van der Waals surface area contributed by atoms with Crippen LogP contribution in [0, 0.1) is 6.92 Å². The lowest BCUT2D eigenvalue weighted by atomic mass is 10.1. The molecule has 3 nitrogen and oxygen atoms in total. The van der Waals surface area contributed by atoms with Crippen molar-refractivity contribution in [3.63, 3.8) is 0 Å². The summed E-state index contributed by atoms with van der Waals surface area (Å²) < 4.78 is 0. The quantitative estimate of drug-likeness (QED) is 0.493. The summed E-state index contributed by atoms with van der Waals surface area (Å²) in [5, 5.41) is 6.69. The Bertz CT molecular complexity index is 400. The van der Waals surface area contributed by atoms with Gasteiger partial charge in [-0.05, 0) is 32.3 Å². The maximum absolute atomic E-state index is 4.60. The lowest BCUT2D eigenvalue weighted by Gasteiger charge is -2.10. The van der Waals surface area contributed by atoms with E-state index in [1.165, 1.54) is 24.0 Å². The molecule has 0 atom stereocenters. The number of aryl methyl sites for hydroxylation is 1. The van der Waals surface area contributed by atoms with Crippen molar-refractivity contribution >= 4 is 29.9 Å². The zero-order chi connectivity index (χ0) is 12.1. The summed E-state index contributed by atoms with van der Waals surface area (Å²) >= 11 is 0. The van der Waals surface area contributed by atoms with Gasteiger partial charge in [0.2, 0.25) is 0 Å². The fourth-order valence-electron chi connectivity index (χ4n) is 1.72. The van der Waals surface area contributed by atoms with Crippen LogP contribution in [0.25, 0.3) is 0 Å². The molecule has 0 amide bonds. The highest BCUT2D eigenvalue weighted by Gasteiger charge is 2.21. The Hall–Kier alpha value is -0.780. The standard InChI is InChI=1S/C14H21N3.HI/c1-3-15-14(17-13-7-8-13)16-10-12-6-4-5-11(2)9-12;/h4-6,9,13H,3,7-8,10H2,1-2H3,(H2,15,16,17);1H. The van der Waals surface area contributed by atoms with Crippen molar-refractivity contribution in [1.82, 2.24) is 10.6 Å². The maximum atomic E-state index is 4.60. The Labute approximate surface area is 126 Å². The Morgan fingerprint density at radius 3 is 2.78 bits per heavy atom. The highest BCUT2D eigenvalue weighted by molar-refractivity contribution is 14.0. The molecule has 18 heavy (non-hydrogen) atoms. The lowest BCUT2D eigenvalue weighted by Crippen LogP contribution is -2.38. The first-order chi connectivity index (χ1) is 8.28. The molecule has 0 bridgehead atoms. The molecule has 0 aliphatic heterocycles. The molecule has 100 valence electrons. The van der Waals surface area contributed by atoms with Crippen molar-refractivity contribution < 1.29 is 0 Å². The van der Waals surface area contributed by atoms with Crippen LogP contribution in [0.1, 0.15) is 30.9 Å². The molecule has 2 rings (SSSR count). The van der Waals surface area contributed by atoms with Gasteiger partial charge >= 0.3 is 0 Å². The normalized spacial score (nSPS) is 14.9. The number of hydrogen-bond donors (Lipinski definition) is 2. The third-order valence-corrected chi connectivity index (χ3v) is 2.76. The lowest BCUT2D eigenvalue weighted by molar-refractivity contribution is 0.812. The van der Waals surface area contributed by atoms with Crippen LogP contribution in [0.15, 0.2) is 29.3 Å². The van der Waals surface area contributed by atoms with Crippen molar-refractivity contribution in [3.8, 4) is 0 Å². The van der Waals surface area contributed by atoms with E-state index in [-0.39, 0.29) is 24.0 Å². The topological polar surface area (TPSA) is 36.4 Å². The van der Waals surface area contributed by atoms with E-state index in [1.807, 2.05) is 0 Å². The fraction of sp³-hybridized carbons (Fsp3) is 0.500. The second kappa shape index (κ2) is 7.61. The largest absolute Gasteiger partial charge is 0.357 e. The first kappa shape index (κ1) is 15.3. The molecule has 1 aromatic rings. The van der Waals surface area contributed by atoms with Crippen LogP contribution in [0.3, 0.4) is 0 Å². The van der Waals surface area contributed by atoms with Crippen molar-refractivity contribution in [1.29, 1.82) is 0 Å². The highest BCUT2D eigenvalue weighted by atomic mass is 127. The molecule has 0 saturated heterocycles. The van der Waals surface area contributed by atoms with Crippen LogP contribution in [-0.2, 0) is 6.54 Å². The van der Waals surface area contributed by atoms with Gasteiger partial charge in [0.15, 0.2) is 5.96 Å². The number of nitrogens with one attached hydrogen (secondary N) is 2. The van der Waals surface area contributed by atoms with Crippen molar-refractivity contribution in [2.75, 3.05) is 6.54 Å². The third-order valence-electron chi connectivity index (χ3n) is 2.76. The summed E-state index contributed by atoms with van der Waals surface area (Å²) in [6, 6.07) is 9.15. The van der Waals surface area contributed by atoms with Gasteiger partial charge in [-0.2, -0.15) is 0 Å². The van der Waals surface area contributed by atoms with Gasteiger partial charge in [-0.3, -0.25) is 0 Å². The van der Waals surface area contributed by atoms with E-state index < -0.39 is 0 Å². The molecule has 1 aliphatic carbocycles. The molecule has 2 N–H and O–H groups in total. The first-order valence-electron chi connectivity index (χ1n) is 6.38. The van der Waals surface area contributed by atoms with Gasteiger partial charge in [0.05, 0.1) is 6.54 Å². The Kier molecular flexibility index (Phi) is 6.46. The molecule has 1 fully saturated rings. The van der Waals surface area contributed by atoms with Crippen molar-refractivity contribution in [2.24, 2.45) is 4.99 Å². The molecule has 0 unspecified atom stereocenters. The van der Waals surface area contributed by atoms with Gasteiger partial charge in [0.25, 0.3) is 0 Å². The second-order valence-corrected chi connectivity index (χ2v) is 4.60. The van der Waals surface area contributed by atoms with E-state index in [0.717, 1.165) is 19.0 Å². The minimum atomic E-state index is 0. The number of hydrogen-bond acceptors (Lipinski definition) is 1. The summed E-state index contributed by atoms with van der Waals surface area (Å²) in [6.45, 7) is 5.85. The summed E-state index contributed by atoms with van der Waals surface area (Å²) in [5.74, 6) is 0.941. The van der Waals surface area contributed by atoms with E-state index in [0.29, 0.717) is 6.04 Å². The van der Waals surface area contributed by atoms with Crippen molar-refractivity contribution in [2.45, 2.75) is 39.3 Å². The van der Waals surface area contributed by atoms with E-state index in [4.69, 9.17) is 0 Å². The maximum Gasteiger partial charge on any atom is 0.191 e. The summed E-state index contributed by atoms with van der Waals surface area (Å²) in [4.78, 5) is 4.60. The SMILES string of the molecule is CCNC(=NCc1cccc(C)c1)NC1CC1.I. The van der Waals surface area contributed by atoms with Crippen LogP contribution in [0.2, 0.25) is 0 Å². The summed E-state index contributed by atoms with van der Waals surface area (Å²) in [7, 11) is 0. The minimum absolute atomic E-state index is 0. The van der Waals surface area contributed by atoms with Gasteiger partial charge in [0.1, 0.15) is 0 Å². The molecular weight excluding hydrogens is 337 g/mol. The summed E-state index contributed by atoms with van der Waals surface area (Å²) in [6.07, 6.45) is 2.55. The fourth-order valence-corrected chi connectivity index (χ4v) is 1.72. The molecule has 0 radical (unpaired) electrons. The van der Waals surface area contributed by atoms with E-state index >= 15 is 0 Å². The van der Waals surface area contributed by atoms with Crippen LogP contribution in [0.4, 0.5) is 0 Å². The molecule has 0 heterocycles. The van der Waals surface area contributed by atoms with Gasteiger partial charge in [-0.15, -0.1) is 24.0 Å². The van der Waals surface area contributed by atoms with Crippen LogP contribution in [-0.4, -0.2) is 18.5 Å². The number of aliphatic imine (C=N–C) groups is 1. The summed E-state index contributed by atoms with van der Waals surface area (Å²) in [5.41, 5.74) is 2.55. The second-order valence-electron chi connectivity index (χ2n) is 4.60. The Morgan fingerprint density at radius 1 is 1.39 bits per heavy atom. The zero-order valence-corrected chi connectivity index (χ0v) is 13.4. The molecule has 4 heteroatoms. The number of rotatable bonds is 4. The van der Waals surface area contributed by atoms with Gasteiger partial charge in [0, 0.05) is 12.6 Å². The Balaban J connectivity index is 0.00000162. The van der Waals surface area contributed by atoms with Crippen LogP contribution >= 0.6 is 24.0 Å². The van der Waals surface area contributed by atoms with Crippen LogP contribution < -0.4 is 10.6 Å². The van der Waals surface area contributed by atoms with E-state index in [1.54, 1.807) is 0 Å². The van der Waals surface area contributed by atoms with Gasteiger partial charge < -0.3 is 10.6 Å². The molecular formula is C14H22IN3.